The van der Waals surface area contributed by atoms with Gasteiger partial charge in [-0.15, -0.1) is 6.42 Å². The lowest BCUT2D eigenvalue weighted by Crippen LogP contribution is -2.52. The van der Waals surface area contributed by atoms with Crippen LogP contribution in [0.15, 0.2) is 165 Å². The Bertz CT molecular complexity index is 3330. The van der Waals surface area contributed by atoms with Crippen molar-refractivity contribution in [2.24, 2.45) is 0 Å². The SMILES string of the molecule is BC1=C(B)C(N(C/C(B)=C(B)\C(=C(\B)C#C)c2cccc3ccccc23)c2c(B)c(B)c(-c3cccc4ccccc34)c(B)c2B)C(B)=C1c1cccc2oc3ccccc3c12. The van der Waals surface area contributed by atoms with E-state index in [4.69, 9.17) is 10.8 Å². The normalized spacial score (nSPS) is 15.0. The number of terminal acetylenes is 1. The highest BCUT2D eigenvalue weighted by atomic mass is 16.3. The van der Waals surface area contributed by atoms with Gasteiger partial charge in [0.1, 0.15) is 81.8 Å². The maximum Gasteiger partial charge on any atom is 0.151 e. The van der Waals surface area contributed by atoms with Crippen LogP contribution in [0.1, 0.15) is 11.1 Å². The Morgan fingerprint density at radius 2 is 1.13 bits per heavy atom. The first kappa shape index (κ1) is 41.2. The summed E-state index contributed by atoms with van der Waals surface area (Å²) in [6.07, 6.45) is 6.28. The largest absolute Gasteiger partial charge is 0.456 e. The van der Waals surface area contributed by atoms with Crippen LogP contribution >= 0.6 is 0 Å². The van der Waals surface area contributed by atoms with Crippen molar-refractivity contribution in [3.8, 4) is 23.5 Å². The number of allylic oxidation sites excluding steroid dienone is 5. The van der Waals surface area contributed by atoms with Gasteiger partial charge in [0.15, 0.2) is 7.85 Å². The lowest BCUT2D eigenvalue weighted by Gasteiger charge is -2.39. The molecule has 0 radical (unpaired) electrons. The highest BCUT2D eigenvalue weighted by Crippen LogP contribution is 2.44. The van der Waals surface area contributed by atoms with E-state index in [9.17, 15) is 0 Å². The summed E-state index contributed by atoms with van der Waals surface area (Å²) in [6, 6.07) is 45.7. The van der Waals surface area contributed by atoms with Crippen LogP contribution in [0.2, 0.25) is 0 Å². The standard InChI is InChI=1S/C50H45B10NO/c1-2-33(51)38(29-19-9-14-25-12-3-5-16-27(25)29)41(53)34(52)24-61(50-47(59)42(54)39(43(55)48(50)60)30-20-10-15-26-13-4-6-17-28(26)30)49-45(57)40(44(56)46(49)58)32-21-11-23-36-37(32)31-18-7-8-22-35(31)62-36/h1,3-23,49H,24,51-60H2/b38-33+,41-34-. The fourth-order valence-electron chi connectivity index (χ4n) is 10.7. The topological polar surface area (TPSA) is 16.4 Å². The number of anilines is 1. The molecule has 0 saturated carbocycles. The Hall–Kier alpha value is -6.17. The molecule has 1 aromatic heterocycles. The van der Waals surface area contributed by atoms with E-state index in [0.29, 0.717) is 6.54 Å². The summed E-state index contributed by atoms with van der Waals surface area (Å²) in [5, 5.41) is 7.28. The molecule has 0 spiro atoms. The molecule has 0 bridgehead atoms. The van der Waals surface area contributed by atoms with Crippen molar-refractivity contribution in [3.63, 3.8) is 0 Å². The van der Waals surface area contributed by atoms with Crippen LogP contribution in [0.5, 0.6) is 0 Å². The van der Waals surface area contributed by atoms with Gasteiger partial charge >= 0.3 is 0 Å². The number of furan rings is 1. The summed E-state index contributed by atoms with van der Waals surface area (Å²) in [6.45, 7) is 0.713. The van der Waals surface area contributed by atoms with E-state index in [2.05, 4.69) is 217 Å². The third kappa shape index (κ3) is 6.60. The van der Waals surface area contributed by atoms with Crippen molar-refractivity contribution in [1.29, 1.82) is 0 Å². The van der Waals surface area contributed by atoms with E-state index in [1.807, 2.05) is 0 Å². The molecule has 1 atom stereocenters. The molecule has 0 N–H and O–H groups in total. The summed E-state index contributed by atoms with van der Waals surface area (Å²) in [5.74, 6) is 3.05. The second-order valence-electron chi connectivity index (χ2n) is 17.5. The molecule has 1 aliphatic rings. The van der Waals surface area contributed by atoms with Gasteiger partial charge in [0.25, 0.3) is 0 Å². The number of hydrogen-bond donors (Lipinski definition) is 0. The maximum atomic E-state index is 6.45. The van der Waals surface area contributed by atoms with E-state index in [1.54, 1.807) is 0 Å². The zero-order valence-corrected chi connectivity index (χ0v) is 37.8. The third-order valence-corrected chi connectivity index (χ3v) is 14.2. The molecule has 8 aromatic rings. The predicted molar refractivity (Wildman–Crippen MR) is 299 cm³/mol. The quantitative estimate of drug-likeness (QED) is 0.117. The van der Waals surface area contributed by atoms with E-state index < -0.39 is 0 Å². The molecule has 7 aromatic carbocycles. The van der Waals surface area contributed by atoms with Crippen LogP contribution in [-0.2, 0) is 0 Å². The van der Waals surface area contributed by atoms with Crippen molar-refractivity contribution in [2.45, 2.75) is 6.04 Å². The van der Waals surface area contributed by atoms with Crippen LogP contribution in [0, 0.1) is 12.3 Å². The number of benzene rings is 7. The van der Waals surface area contributed by atoms with Gasteiger partial charge in [-0.25, -0.2) is 0 Å². The van der Waals surface area contributed by atoms with Gasteiger partial charge in [0, 0.05) is 23.0 Å². The van der Waals surface area contributed by atoms with Gasteiger partial charge < -0.3 is 9.32 Å². The molecule has 2 nitrogen and oxygen atoms in total. The predicted octanol–water partition coefficient (Wildman–Crippen LogP) is -0.541. The van der Waals surface area contributed by atoms with Gasteiger partial charge in [-0.05, 0) is 72.6 Å². The number of nitrogens with zero attached hydrogens (tertiary/aromatic N) is 1. The molecule has 0 fully saturated rings. The van der Waals surface area contributed by atoms with Crippen molar-refractivity contribution >= 4 is 161 Å². The van der Waals surface area contributed by atoms with Gasteiger partial charge in [-0.1, -0.05) is 170 Å². The second-order valence-corrected chi connectivity index (χ2v) is 17.5. The van der Waals surface area contributed by atoms with Gasteiger partial charge in [0.2, 0.25) is 0 Å². The van der Waals surface area contributed by atoms with Crippen molar-refractivity contribution in [1.82, 2.24) is 0 Å². The Balaban J connectivity index is 1.28. The Morgan fingerprint density at radius 1 is 0.581 bits per heavy atom. The van der Waals surface area contributed by atoms with E-state index in [1.165, 1.54) is 110 Å². The van der Waals surface area contributed by atoms with E-state index in [-0.39, 0.29) is 6.04 Å². The van der Waals surface area contributed by atoms with Crippen LogP contribution in [0.3, 0.4) is 0 Å². The molecule has 1 unspecified atom stereocenters. The second kappa shape index (κ2) is 16.3. The molecule has 286 valence electrons. The molecule has 1 aliphatic carbocycles. The van der Waals surface area contributed by atoms with Crippen LogP contribution in [0.4, 0.5) is 5.69 Å². The maximum absolute atomic E-state index is 6.45. The van der Waals surface area contributed by atoms with Crippen molar-refractivity contribution < 1.29 is 4.42 Å². The fourth-order valence-corrected chi connectivity index (χ4v) is 10.7. The first-order valence-electron chi connectivity index (χ1n) is 21.9. The summed E-state index contributed by atoms with van der Waals surface area (Å²) < 4.78 is 6.45. The van der Waals surface area contributed by atoms with Crippen LogP contribution in [0.25, 0.3) is 65.8 Å². The minimum Gasteiger partial charge on any atom is -0.456 e. The van der Waals surface area contributed by atoms with Crippen LogP contribution in [-0.4, -0.2) is 91.0 Å². The smallest absolute Gasteiger partial charge is 0.151 e. The molecule has 1 heterocycles. The van der Waals surface area contributed by atoms with Crippen molar-refractivity contribution in [3.05, 3.63) is 171 Å². The van der Waals surface area contributed by atoms with Crippen LogP contribution < -0.4 is 26.8 Å². The Labute approximate surface area is 375 Å². The summed E-state index contributed by atoms with van der Waals surface area (Å²) in [5.41, 5.74) is 23.3. The lowest BCUT2D eigenvalue weighted by atomic mass is 9.63. The Kier molecular flexibility index (Phi) is 10.8. The molecule has 0 saturated heterocycles. The lowest BCUT2D eigenvalue weighted by molar-refractivity contribution is 0.669. The molecular formula is C50H45B10NO. The first-order chi connectivity index (χ1) is 29.9. The summed E-state index contributed by atoms with van der Waals surface area (Å²) in [7, 11) is 23.0. The van der Waals surface area contributed by atoms with Gasteiger partial charge in [-0.3, -0.25) is 0 Å². The molecular weight excluding hydrogens is 739 g/mol. The summed E-state index contributed by atoms with van der Waals surface area (Å²) >= 11 is 0. The number of fused-ring (bicyclic) bond motifs is 5. The first-order valence-corrected chi connectivity index (χ1v) is 21.9. The van der Waals surface area contributed by atoms with Gasteiger partial charge in [0.05, 0.1) is 6.04 Å². The average molecular weight is 784 g/mol. The summed E-state index contributed by atoms with van der Waals surface area (Å²) in [4.78, 5) is 2.72. The fraction of sp³-hybridized carbons (Fsp3) is 0.0400. The molecule has 0 amide bonds. The number of hydrogen-bond acceptors (Lipinski definition) is 2. The van der Waals surface area contributed by atoms with E-state index in [0.717, 1.165) is 27.6 Å². The molecule has 0 aliphatic heterocycles. The third-order valence-electron chi connectivity index (χ3n) is 14.2. The van der Waals surface area contributed by atoms with Crippen molar-refractivity contribution in [2.75, 3.05) is 11.4 Å². The zero-order valence-electron chi connectivity index (χ0n) is 37.8. The Morgan fingerprint density at radius 3 is 1.82 bits per heavy atom. The molecule has 62 heavy (non-hydrogen) atoms. The minimum atomic E-state index is 0.0134. The average Bonchev–Trinajstić information content (AvgIpc) is 3.78. The number of para-hydroxylation sites is 1. The minimum absolute atomic E-state index is 0.0134. The van der Waals surface area contributed by atoms with E-state index >= 15 is 0 Å². The highest BCUT2D eigenvalue weighted by molar-refractivity contribution is 6.63. The molecule has 9 rings (SSSR count). The zero-order chi connectivity index (χ0) is 43.6. The number of rotatable bonds is 8. The van der Waals surface area contributed by atoms with Gasteiger partial charge in [-0.2, -0.15) is 0 Å². The molecule has 12 heteroatoms. The highest BCUT2D eigenvalue weighted by Gasteiger charge is 2.35. The monoisotopic (exact) mass is 785 g/mol.